The maximum atomic E-state index is 14.0. The third-order valence-corrected chi connectivity index (χ3v) is 8.44. The lowest BCUT2D eigenvalue weighted by atomic mass is 9.98. The number of nitrogens with zero attached hydrogens (tertiary/aromatic N) is 4. The molecule has 3 heterocycles. The van der Waals surface area contributed by atoms with E-state index in [4.69, 9.17) is 16.3 Å². The number of carbonyl (C=O) groups excluding carboxylic acids is 1. The molecule has 0 bridgehead atoms. The van der Waals surface area contributed by atoms with Crippen molar-refractivity contribution in [2.75, 3.05) is 24.5 Å². The molecule has 1 atom stereocenters. The first-order valence-corrected chi connectivity index (χ1v) is 14.9. The van der Waals surface area contributed by atoms with Gasteiger partial charge >= 0.3 is 12.3 Å². The van der Waals surface area contributed by atoms with Crippen LogP contribution in [0.3, 0.4) is 0 Å². The van der Waals surface area contributed by atoms with Gasteiger partial charge in [0, 0.05) is 35.6 Å². The van der Waals surface area contributed by atoms with Crippen molar-refractivity contribution in [1.82, 2.24) is 20.1 Å². The summed E-state index contributed by atoms with van der Waals surface area (Å²) in [4.78, 5) is 21.2. The van der Waals surface area contributed by atoms with Crippen molar-refractivity contribution in [3.8, 4) is 5.88 Å². The molecule has 1 unspecified atom stereocenters. The Morgan fingerprint density at radius 2 is 1.98 bits per heavy atom. The first kappa shape index (κ1) is 30.7. The Kier molecular flexibility index (Phi) is 8.36. The minimum Gasteiger partial charge on any atom is -0.492 e. The lowest BCUT2D eigenvalue weighted by molar-refractivity contribution is -0.137. The van der Waals surface area contributed by atoms with Gasteiger partial charge in [0.15, 0.2) is 5.13 Å². The number of H-pyrrole nitrogens is 1. The van der Waals surface area contributed by atoms with Crippen LogP contribution in [0.25, 0.3) is 22.6 Å². The van der Waals surface area contributed by atoms with Gasteiger partial charge in [0.05, 0.1) is 23.3 Å². The number of carbonyl (C=O) groups is 1. The Balaban J connectivity index is 1.54. The molecule has 1 amide bonds. The normalized spacial score (nSPS) is 16.7. The molecule has 0 saturated carbocycles. The highest BCUT2D eigenvalue weighted by atomic mass is 35.5. The lowest BCUT2D eigenvalue weighted by Gasteiger charge is -2.41. The van der Waals surface area contributed by atoms with E-state index in [1.54, 1.807) is 29.3 Å². The number of aromatic hydroxyl groups is 1. The van der Waals surface area contributed by atoms with Gasteiger partial charge in [-0.1, -0.05) is 42.0 Å². The van der Waals surface area contributed by atoms with Gasteiger partial charge in [0.25, 0.3) is 0 Å². The fourth-order valence-electron chi connectivity index (χ4n) is 5.00. The van der Waals surface area contributed by atoms with Crippen LogP contribution in [-0.4, -0.2) is 62.6 Å². The van der Waals surface area contributed by atoms with Crippen molar-refractivity contribution in [3.05, 3.63) is 69.2 Å². The first-order valence-electron chi connectivity index (χ1n) is 13.7. The second kappa shape index (κ2) is 11.7. The molecule has 1 aliphatic rings. The molecule has 1 fully saturated rings. The van der Waals surface area contributed by atoms with Crippen LogP contribution in [0, 0.1) is 0 Å². The molecule has 1 aliphatic heterocycles. The van der Waals surface area contributed by atoms with Gasteiger partial charge in [0.1, 0.15) is 10.5 Å². The van der Waals surface area contributed by atoms with Crippen LogP contribution in [0.15, 0.2) is 42.6 Å². The van der Waals surface area contributed by atoms with Crippen LogP contribution in [0.5, 0.6) is 5.88 Å². The number of alkyl halides is 3. The largest absolute Gasteiger partial charge is 0.492 e. The molecule has 0 aliphatic carbocycles. The van der Waals surface area contributed by atoms with E-state index in [0.29, 0.717) is 47.2 Å². The highest BCUT2D eigenvalue weighted by molar-refractivity contribution is 7.17. The van der Waals surface area contributed by atoms with Crippen LogP contribution in [0.1, 0.15) is 55.7 Å². The molecule has 2 aromatic heterocycles. The van der Waals surface area contributed by atoms with Crippen LogP contribution in [0.2, 0.25) is 5.02 Å². The summed E-state index contributed by atoms with van der Waals surface area (Å²) in [6, 6.07) is 8.76. The van der Waals surface area contributed by atoms with Crippen LogP contribution in [0.4, 0.5) is 23.1 Å². The molecule has 13 heteroatoms. The van der Waals surface area contributed by atoms with Crippen molar-refractivity contribution in [1.29, 1.82) is 0 Å². The fourth-order valence-corrected chi connectivity index (χ4v) is 6.20. The van der Waals surface area contributed by atoms with Crippen LogP contribution in [-0.2, 0) is 10.9 Å². The zero-order valence-corrected chi connectivity index (χ0v) is 25.6. The lowest BCUT2D eigenvalue weighted by Crippen LogP contribution is -2.56. The number of hydrogen-bond donors (Lipinski definition) is 2. The number of nitrogens with one attached hydrogen (secondary N) is 1. The number of aromatic amines is 1. The predicted octanol–water partition coefficient (Wildman–Crippen LogP) is 7.82. The summed E-state index contributed by atoms with van der Waals surface area (Å²) in [7, 11) is 0. The number of ether oxygens (including phenoxy) is 1. The maximum Gasteiger partial charge on any atom is 0.417 e. The third-order valence-electron chi connectivity index (χ3n) is 7.07. The number of piperazine rings is 1. The molecule has 2 aromatic carbocycles. The van der Waals surface area contributed by atoms with E-state index in [2.05, 4.69) is 15.2 Å². The van der Waals surface area contributed by atoms with E-state index in [1.807, 2.05) is 32.6 Å². The van der Waals surface area contributed by atoms with Crippen molar-refractivity contribution < 1.29 is 27.8 Å². The minimum atomic E-state index is -4.65. The Bertz CT molecular complexity index is 1680. The molecule has 0 spiro atoms. The number of amides is 1. The SMILES string of the molecule is CCC1CN(c2nc(O)c(C(=Cc3ccc(Cl)cc3C(F)(F)F)c3ccc4[nH]ncc4c3)s2)CCN1C(=O)OC(C)(C)C. The van der Waals surface area contributed by atoms with E-state index in [9.17, 15) is 23.1 Å². The van der Waals surface area contributed by atoms with E-state index < -0.39 is 17.3 Å². The minimum absolute atomic E-state index is 0.0373. The number of benzene rings is 2. The molecule has 2 N–H and O–H groups in total. The number of fused-ring (bicyclic) bond motifs is 1. The van der Waals surface area contributed by atoms with Crippen molar-refractivity contribution >= 4 is 56.7 Å². The molecule has 5 rings (SSSR count). The third kappa shape index (κ3) is 6.75. The Morgan fingerprint density at radius 3 is 2.67 bits per heavy atom. The predicted molar refractivity (Wildman–Crippen MR) is 163 cm³/mol. The van der Waals surface area contributed by atoms with Crippen molar-refractivity contribution in [3.63, 3.8) is 0 Å². The van der Waals surface area contributed by atoms with Gasteiger partial charge in [-0.25, -0.2) is 4.79 Å². The molecule has 0 radical (unpaired) electrons. The van der Waals surface area contributed by atoms with E-state index in [0.717, 1.165) is 17.0 Å². The molecular weight excluding hydrogens is 603 g/mol. The monoisotopic (exact) mass is 633 g/mol. The number of aromatic nitrogens is 3. The summed E-state index contributed by atoms with van der Waals surface area (Å²) in [5.41, 5.74) is 0.0649. The van der Waals surface area contributed by atoms with Crippen molar-refractivity contribution in [2.45, 2.75) is 51.9 Å². The molecule has 8 nitrogen and oxygen atoms in total. The van der Waals surface area contributed by atoms with Gasteiger partial charge in [0.2, 0.25) is 5.88 Å². The average molecular weight is 634 g/mol. The summed E-state index contributed by atoms with van der Waals surface area (Å²) in [5.74, 6) is -0.302. The Morgan fingerprint density at radius 1 is 1.21 bits per heavy atom. The zero-order valence-electron chi connectivity index (χ0n) is 24.0. The smallest absolute Gasteiger partial charge is 0.417 e. The standard InChI is InChI=1S/C30H31ClF3N5O3S/c1-5-21-16-38(10-11-39(21)28(41)42-29(2,3)4)27-36-26(40)25(43-27)22(17-7-9-24-19(12-17)15-35-37-24)13-18-6-8-20(31)14-23(18)30(32,33)34/h6-9,12-15,21,40H,5,10-11,16H2,1-4H3,(H,35,37). The second-order valence-electron chi connectivity index (χ2n) is 11.3. The first-order chi connectivity index (χ1) is 20.2. The highest BCUT2D eigenvalue weighted by Crippen LogP contribution is 2.43. The van der Waals surface area contributed by atoms with E-state index in [1.165, 1.54) is 29.5 Å². The van der Waals surface area contributed by atoms with E-state index in [-0.39, 0.29) is 28.6 Å². The summed E-state index contributed by atoms with van der Waals surface area (Å²) in [6.07, 6.45) is -1.35. The van der Waals surface area contributed by atoms with Crippen LogP contribution >= 0.6 is 22.9 Å². The summed E-state index contributed by atoms with van der Waals surface area (Å²) in [6.45, 7) is 8.72. The van der Waals surface area contributed by atoms with Gasteiger partial charge in [-0.05, 0) is 68.7 Å². The summed E-state index contributed by atoms with van der Waals surface area (Å²) in [5, 5.41) is 19.2. The summed E-state index contributed by atoms with van der Waals surface area (Å²) < 4.78 is 47.7. The number of halogens is 4. The van der Waals surface area contributed by atoms with E-state index >= 15 is 0 Å². The number of hydrogen-bond acceptors (Lipinski definition) is 7. The summed E-state index contributed by atoms with van der Waals surface area (Å²) >= 11 is 7.10. The molecular formula is C30H31ClF3N5O3S. The average Bonchev–Trinajstić information content (AvgIpc) is 3.56. The molecule has 1 saturated heterocycles. The number of anilines is 1. The van der Waals surface area contributed by atoms with Gasteiger partial charge in [-0.3, -0.25) is 5.10 Å². The van der Waals surface area contributed by atoms with Crippen LogP contribution < -0.4 is 4.90 Å². The Labute approximate surface area is 255 Å². The number of rotatable bonds is 5. The van der Waals surface area contributed by atoms with Gasteiger partial charge in [-0.2, -0.15) is 23.3 Å². The van der Waals surface area contributed by atoms with Gasteiger partial charge in [-0.15, -0.1) is 0 Å². The molecule has 43 heavy (non-hydrogen) atoms. The highest BCUT2D eigenvalue weighted by Gasteiger charge is 2.35. The fraction of sp³-hybridized carbons (Fsp3) is 0.367. The van der Waals surface area contributed by atoms with Crippen molar-refractivity contribution in [2.24, 2.45) is 0 Å². The second-order valence-corrected chi connectivity index (χ2v) is 12.7. The molecule has 4 aromatic rings. The topological polar surface area (TPSA) is 94.6 Å². The van der Waals surface area contributed by atoms with Gasteiger partial charge < -0.3 is 19.6 Å². The Hall–Kier alpha value is -3.77. The molecule has 228 valence electrons. The quantitative estimate of drug-likeness (QED) is 0.218. The maximum absolute atomic E-state index is 14.0. The zero-order chi connectivity index (χ0) is 31.1. The number of thiazole rings is 1.